The van der Waals surface area contributed by atoms with Gasteiger partial charge in [-0.15, -0.1) is 0 Å². The predicted octanol–water partition coefficient (Wildman–Crippen LogP) is -9.77. The molecule has 0 aromatic rings. The number of rotatable bonds is 13. The van der Waals surface area contributed by atoms with Crippen molar-refractivity contribution in [3.05, 3.63) is 0 Å². The van der Waals surface area contributed by atoms with Crippen LogP contribution in [0.1, 0.15) is 0 Å². The first-order valence-electron chi connectivity index (χ1n) is 15.3. The molecule has 4 rings (SSSR count). The van der Waals surface area contributed by atoms with Gasteiger partial charge in [0, 0.05) is 6.54 Å². The first-order chi connectivity index (χ1) is 22.8. The minimum atomic E-state index is -2.02. The van der Waals surface area contributed by atoms with Crippen LogP contribution in [0, 0.1) is 0 Å². The summed E-state index contributed by atoms with van der Waals surface area (Å²) in [5, 5.41) is 134. The summed E-state index contributed by atoms with van der Waals surface area (Å²) < 4.78 is 43.7. The van der Waals surface area contributed by atoms with E-state index in [1.807, 2.05) is 0 Å². The molecule has 4 heterocycles. The van der Waals surface area contributed by atoms with Crippen molar-refractivity contribution >= 4 is 0 Å². The Morgan fingerprint density at radius 1 is 0.396 bits per heavy atom. The molecule has 0 spiro atoms. The van der Waals surface area contributed by atoms with Gasteiger partial charge in [0.2, 0.25) is 0 Å². The molecule has 0 aliphatic carbocycles. The van der Waals surface area contributed by atoms with Gasteiger partial charge in [-0.1, -0.05) is 0 Å². The summed E-state index contributed by atoms with van der Waals surface area (Å²) in [6.45, 7) is -3.29. The van der Waals surface area contributed by atoms with Gasteiger partial charge in [-0.05, 0) is 0 Å². The van der Waals surface area contributed by atoms with E-state index in [0.29, 0.717) is 0 Å². The lowest BCUT2D eigenvalue weighted by Crippen LogP contribution is -2.67. The van der Waals surface area contributed by atoms with Crippen molar-refractivity contribution in [3.63, 3.8) is 0 Å². The van der Waals surface area contributed by atoms with Crippen LogP contribution in [-0.4, -0.2) is 229 Å². The quantitative estimate of drug-likeness (QED) is 0.0844. The van der Waals surface area contributed by atoms with E-state index in [0.717, 1.165) is 0 Å². The van der Waals surface area contributed by atoms with Crippen molar-refractivity contribution in [1.29, 1.82) is 0 Å². The van der Waals surface area contributed by atoms with Crippen molar-refractivity contribution in [1.82, 2.24) is 0 Å². The normalized spacial score (nSPS) is 50.4. The van der Waals surface area contributed by atoms with Crippen LogP contribution in [0.25, 0.3) is 0 Å². The van der Waals surface area contributed by atoms with Crippen molar-refractivity contribution in [2.75, 3.05) is 39.6 Å². The molecule has 4 aliphatic heterocycles. The van der Waals surface area contributed by atoms with Crippen molar-refractivity contribution in [3.8, 4) is 0 Å². The summed E-state index contributed by atoms with van der Waals surface area (Å²) in [7, 11) is 0. The lowest BCUT2D eigenvalue weighted by molar-refractivity contribution is -0.388. The van der Waals surface area contributed by atoms with Gasteiger partial charge in [0.25, 0.3) is 0 Å². The van der Waals surface area contributed by atoms with Crippen LogP contribution < -0.4 is 5.73 Å². The van der Waals surface area contributed by atoms with Crippen LogP contribution in [-0.2, 0) is 37.9 Å². The van der Waals surface area contributed by atoms with E-state index in [4.69, 9.17) is 43.6 Å². The molecule has 22 nitrogen and oxygen atoms in total. The molecule has 282 valence electrons. The average Bonchev–Trinajstić information content (AvgIpc) is 3.08. The zero-order valence-corrected chi connectivity index (χ0v) is 25.4. The van der Waals surface area contributed by atoms with Crippen molar-refractivity contribution < 1.29 is 104 Å². The molecule has 4 fully saturated rings. The Morgan fingerprint density at radius 3 is 1.06 bits per heavy atom. The first kappa shape index (κ1) is 39.9. The fourth-order valence-corrected chi connectivity index (χ4v) is 5.85. The summed E-state index contributed by atoms with van der Waals surface area (Å²) in [5.41, 5.74) is 5.38. The highest BCUT2D eigenvalue weighted by atomic mass is 16.8. The van der Waals surface area contributed by atoms with Gasteiger partial charge >= 0.3 is 0 Å². The predicted molar refractivity (Wildman–Crippen MR) is 147 cm³/mol. The van der Waals surface area contributed by atoms with E-state index in [-0.39, 0.29) is 13.2 Å². The molecule has 0 aromatic heterocycles. The van der Waals surface area contributed by atoms with Crippen LogP contribution >= 0.6 is 0 Å². The molecule has 20 atom stereocenters. The third-order valence-corrected chi connectivity index (χ3v) is 8.58. The van der Waals surface area contributed by atoms with Crippen LogP contribution in [0.2, 0.25) is 0 Å². The van der Waals surface area contributed by atoms with Gasteiger partial charge in [0.05, 0.1) is 33.0 Å². The zero-order chi connectivity index (χ0) is 35.4. The van der Waals surface area contributed by atoms with Crippen LogP contribution in [0.15, 0.2) is 0 Å². The Labute approximate surface area is 272 Å². The second kappa shape index (κ2) is 17.6. The van der Waals surface area contributed by atoms with Gasteiger partial charge in [-0.2, -0.15) is 0 Å². The highest BCUT2D eigenvalue weighted by Gasteiger charge is 2.55. The topological polar surface area (TPSA) is 363 Å². The molecule has 0 saturated carbocycles. The Balaban J connectivity index is 1.42. The highest BCUT2D eigenvalue weighted by Crippen LogP contribution is 2.34. The minimum Gasteiger partial charge on any atom is -0.394 e. The number of hydrogen-bond donors (Lipinski definition) is 14. The molecule has 22 heteroatoms. The summed E-state index contributed by atoms with van der Waals surface area (Å²) in [4.78, 5) is 0. The van der Waals surface area contributed by atoms with Gasteiger partial charge in [0.15, 0.2) is 25.2 Å². The van der Waals surface area contributed by atoms with E-state index < -0.39 is 149 Å². The molecule has 4 aliphatic rings. The van der Waals surface area contributed by atoms with E-state index >= 15 is 0 Å². The number of hydrogen-bond acceptors (Lipinski definition) is 22. The Morgan fingerprint density at radius 2 is 0.708 bits per heavy atom. The smallest absolute Gasteiger partial charge is 0.187 e. The molecule has 4 saturated heterocycles. The maximum absolute atomic E-state index is 11.0. The largest absolute Gasteiger partial charge is 0.394 e. The molecule has 0 aromatic carbocycles. The average molecular weight is 710 g/mol. The van der Waals surface area contributed by atoms with Crippen LogP contribution in [0.5, 0.6) is 0 Å². The SMILES string of the molecule is NCCO[C@H]1OC(CO)[C@H](O[C@H]2OC(CO)[C@@H](O[C@@H]3OC(CO)[C@@H](O[C@@H]4OC(CO)[C@@H](O)C(O)C4O)C(O)C3O)C(O)C2O)C(O)C1O. The van der Waals surface area contributed by atoms with E-state index in [1.54, 1.807) is 0 Å². The Hall–Kier alpha value is -0.880. The minimum absolute atomic E-state index is 0.0459. The second-order valence-electron chi connectivity index (χ2n) is 11.8. The van der Waals surface area contributed by atoms with Crippen molar-refractivity contribution in [2.45, 2.75) is 123 Å². The molecule has 48 heavy (non-hydrogen) atoms. The summed E-state index contributed by atoms with van der Waals surface area (Å²) in [6, 6.07) is 0. The fourth-order valence-electron chi connectivity index (χ4n) is 5.85. The molecule has 0 radical (unpaired) electrons. The summed E-state index contributed by atoms with van der Waals surface area (Å²) >= 11 is 0. The third-order valence-electron chi connectivity index (χ3n) is 8.58. The summed E-state index contributed by atoms with van der Waals surface area (Å²) in [5.74, 6) is 0. The maximum atomic E-state index is 11.0. The number of aliphatic hydroxyl groups excluding tert-OH is 13. The van der Waals surface area contributed by atoms with Gasteiger partial charge < -0.3 is 110 Å². The Kier molecular flexibility index (Phi) is 14.6. The number of aliphatic hydroxyl groups is 13. The molecular weight excluding hydrogens is 662 g/mol. The maximum Gasteiger partial charge on any atom is 0.187 e. The lowest BCUT2D eigenvalue weighted by atomic mass is 9.95. The van der Waals surface area contributed by atoms with Crippen LogP contribution in [0.4, 0.5) is 0 Å². The monoisotopic (exact) mass is 709 g/mol. The van der Waals surface area contributed by atoms with Crippen LogP contribution in [0.3, 0.4) is 0 Å². The molecule has 12 unspecified atom stereocenters. The highest BCUT2D eigenvalue weighted by molar-refractivity contribution is 4.97. The van der Waals surface area contributed by atoms with Gasteiger partial charge in [0.1, 0.15) is 97.7 Å². The fraction of sp³-hybridized carbons (Fsp3) is 1.00. The van der Waals surface area contributed by atoms with Gasteiger partial charge in [-0.25, -0.2) is 0 Å². The van der Waals surface area contributed by atoms with Gasteiger partial charge in [-0.3, -0.25) is 0 Å². The number of nitrogens with two attached hydrogens (primary N) is 1. The van der Waals surface area contributed by atoms with E-state index in [2.05, 4.69) is 0 Å². The summed E-state index contributed by atoms with van der Waals surface area (Å²) in [6.07, 6.45) is -34.3. The number of ether oxygens (including phenoxy) is 8. The lowest BCUT2D eigenvalue weighted by Gasteiger charge is -2.49. The van der Waals surface area contributed by atoms with E-state index in [9.17, 15) is 66.4 Å². The third kappa shape index (κ3) is 8.26. The Bertz CT molecular complexity index is 965. The first-order valence-corrected chi connectivity index (χ1v) is 15.3. The second-order valence-corrected chi connectivity index (χ2v) is 11.8. The standard InChI is InChI=1S/C26H47NO21/c27-1-2-41-23-17(38)13(34)20(8(4-29)43-23)47-25-19(40)15(36)22(10(6-31)45-25)48-26-18(39)14(35)21(9(5-30)44-26)46-24-16(37)12(33)11(32)7(3-28)42-24/h7-26,28-40H,1-6,27H2/t7?,8?,9?,10?,11-,12?,13?,14?,15?,16?,17?,18?,19?,20+,21-,22-,23+,24+,25-,26+/m1/s1. The molecule has 0 amide bonds. The molecule has 15 N–H and O–H groups in total. The molecule has 0 bridgehead atoms. The van der Waals surface area contributed by atoms with Crippen molar-refractivity contribution in [2.24, 2.45) is 5.73 Å². The zero-order valence-electron chi connectivity index (χ0n) is 25.4. The van der Waals surface area contributed by atoms with E-state index in [1.165, 1.54) is 0 Å². The molecular formula is C26H47NO21.